The first-order valence-electron chi connectivity index (χ1n) is 8.52. The molecular formula is C23H22O2. The quantitative estimate of drug-likeness (QED) is 0.583. The van der Waals surface area contributed by atoms with Gasteiger partial charge in [-0.15, -0.1) is 0 Å². The van der Waals surface area contributed by atoms with Gasteiger partial charge in [0, 0.05) is 0 Å². The summed E-state index contributed by atoms with van der Waals surface area (Å²) in [5.41, 5.74) is 4.07. The molecule has 0 fully saturated rings. The van der Waals surface area contributed by atoms with Gasteiger partial charge in [-0.2, -0.15) is 0 Å². The van der Waals surface area contributed by atoms with Gasteiger partial charge in [-0.3, -0.25) is 4.79 Å². The van der Waals surface area contributed by atoms with Crippen LogP contribution in [0.15, 0.2) is 84.9 Å². The minimum absolute atomic E-state index is 0.231. The summed E-state index contributed by atoms with van der Waals surface area (Å²) in [5, 5.41) is 0. The van der Waals surface area contributed by atoms with Crippen molar-refractivity contribution in [1.29, 1.82) is 0 Å². The minimum atomic E-state index is -0.421. The maximum Gasteiger partial charge on any atom is 0.318 e. The van der Waals surface area contributed by atoms with Crippen molar-refractivity contribution in [3.63, 3.8) is 0 Å². The van der Waals surface area contributed by atoms with Crippen LogP contribution in [-0.4, -0.2) is 5.97 Å². The molecular weight excluding hydrogens is 308 g/mol. The molecule has 3 aromatic rings. The molecule has 0 saturated carbocycles. The van der Waals surface area contributed by atoms with Crippen molar-refractivity contribution in [1.82, 2.24) is 0 Å². The zero-order valence-electron chi connectivity index (χ0n) is 14.6. The zero-order chi connectivity index (χ0) is 17.6. The number of ether oxygens (including phenoxy) is 1. The van der Waals surface area contributed by atoms with Gasteiger partial charge in [0.1, 0.15) is 12.0 Å². The Balaban J connectivity index is 1.86. The van der Waals surface area contributed by atoms with E-state index in [1.165, 1.54) is 5.56 Å². The summed E-state index contributed by atoms with van der Waals surface area (Å²) in [6.45, 7) is 3.96. The summed E-state index contributed by atoms with van der Waals surface area (Å²) >= 11 is 0. The highest BCUT2D eigenvalue weighted by Crippen LogP contribution is 2.28. The number of benzene rings is 3. The third kappa shape index (κ3) is 4.16. The van der Waals surface area contributed by atoms with E-state index in [9.17, 15) is 4.79 Å². The van der Waals surface area contributed by atoms with Crippen LogP contribution in [0.25, 0.3) is 0 Å². The molecule has 3 aromatic carbocycles. The van der Waals surface area contributed by atoms with Crippen LogP contribution in [0, 0.1) is 6.92 Å². The SMILES string of the molecule is Cc1ccc([C@@H](C)OC(=O)C(c2ccccc2)c2ccccc2)cc1. The predicted molar refractivity (Wildman–Crippen MR) is 100 cm³/mol. The third-order valence-corrected chi connectivity index (χ3v) is 4.34. The number of hydrogen-bond donors (Lipinski definition) is 0. The second-order valence-electron chi connectivity index (χ2n) is 6.24. The molecule has 25 heavy (non-hydrogen) atoms. The summed E-state index contributed by atoms with van der Waals surface area (Å²) in [7, 11) is 0. The largest absolute Gasteiger partial charge is 0.457 e. The Morgan fingerprint density at radius 3 is 1.68 bits per heavy atom. The van der Waals surface area contributed by atoms with Crippen molar-refractivity contribution < 1.29 is 9.53 Å². The lowest BCUT2D eigenvalue weighted by Gasteiger charge is -2.20. The fourth-order valence-corrected chi connectivity index (χ4v) is 2.90. The standard InChI is InChI=1S/C23H22O2/c1-17-13-15-19(16-14-17)18(2)25-23(24)22(20-9-5-3-6-10-20)21-11-7-4-8-12-21/h3-16,18,22H,1-2H3/t18-/m1/s1. The Labute approximate surface area is 149 Å². The van der Waals surface area contributed by atoms with E-state index in [1.807, 2.05) is 98.8 Å². The number of carbonyl (C=O) groups is 1. The molecule has 0 N–H and O–H groups in total. The molecule has 0 radical (unpaired) electrons. The lowest BCUT2D eigenvalue weighted by molar-refractivity contribution is -0.149. The van der Waals surface area contributed by atoms with Gasteiger partial charge < -0.3 is 4.74 Å². The van der Waals surface area contributed by atoms with E-state index in [2.05, 4.69) is 0 Å². The van der Waals surface area contributed by atoms with Crippen LogP contribution in [0.5, 0.6) is 0 Å². The van der Waals surface area contributed by atoms with E-state index >= 15 is 0 Å². The minimum Gasteiger partial charge on any atom is -0.457 e. The first-order chi connectivity index (χ1) is 12.1. The van der Waals surface area contributed by atoms with Gasteiger partial charge in [-0.1, -0.05) is 90.5 Å². The van der Waals surface area contributed by atoms with Gasteiger partial charge in [0.05, 0.1) is 0 Å². The number of esters is 1. The van der Waals surface area contributed by atoms with Gasteiger partial charge in [-0.05, 0) is 30.5 Å². The first-order valence-corrected chi connectivity index (χ1v) is 8.52. The van der Waals surface area contributed by atoms with Crippen molar-refractivity contribution >= 4 is 5.97 Å². The molecule has 126 valence electrons. The van der Waals surface area contributed by atoms with Crippen molar-refractivity contribution in [3.8, 4) is 0 Å². The smallest absolute Gasteiger partial charge is 0.318 e. The average Bonchev–Trinajstić information content (AvgIpc) is 2.64. The predicted octanol–water partition coefficient (Wildman–Crippen LogP) is 5.43. The molecule has 3 rings (SSSR count). The molecule has 0 aromatic heterocycles. The molecule has 2 nitrogen and oxygen atoms in total. The number of carbonyl (C=O) groups excluding carboxylic acids is 1. The van der Waals surface area contributed by atoms with Crippen molar-refractivity contribution in [2.75, 3.05) is 0 Å². The molecule has 0 aliphatic heterocycles. The maximum atomic E-state index is 13.0. The Morgan fingerprint density at radius 1 is 0.720 bits per heavy atom. The fraction of sp³-hybridized carbons (Fsp3) is 0.174. The van der Waals surface area contributed by atoms with Crippen LogP contribution in [0.3, 0.4) is 0 Å². The van der Waals surface area contributed by atoms with Gasteiger partial charge >= 0.3 is 5.97 Å². The molecule has 0 unspecified atom stereocenters. The van der Waals surface area contributed by atoms with E-state index in [4.69, 9.17) is 4.74 Å². The van der Waals surface area contributed by atoms with Crippen molar-refractivity contribution in [2.24, 2.45) is 0 Å². The van der Waals surface area contributed by atoms with E-state index in [-0.39, 0.29) is 12.1 Å². The lowest BCUT2D eigenvalue weighted by Crippen LogP contribution is -2.19. The first kappa shape index (κ1) is 17.0. The van der Waals surface area contributed by atoms with E-state index in [1.54, 1.807) is 0 Å². The van der Waals surface area contributed by atoms with Crippen LogP contribution in [0.4, 0.5) is 0 Å². The van der Waals surface area contributed by atoms with Gasteiger partial charge in [-0.25, -0.2) is 0 Å². The fourth-order valence-electron chi connectivity index (χ4n) is 2.90. The van der Waals surface area contributed by atoms with Crippen LogP contribution in [-0.2, 0) is 9.53 Å². The second kappa shape index (κ2) is 7.80. The topological polar surface area (TPSA) is 26.3 Å². The lowest BCUT2D eigenvalue weighted by atomic mass is 9.91. The summed E-state index contributed by atoms with van der Waals surface area (Å²) < 4.78 is 5.81. The van der Waals surface area contributed by atoms with E-state index < -0.39 is 5.92 Å². The molecule has 0 aliphatic rings. The van der Waals surface area contributed by atoms with Gasteiger partial charge in [0.25, 0.3) is 0 Å². The number of rotatable bonds is 5. The zero-order valence-corrected chi connectivity index (χ0v) is 14.6. The van der Waals surface area contributed by atoms with Crippen LogP contribution >= 0.6 is 0 Å². The molecule has 0 spiro atoms. The highest BCUT2D eigenvalue weighted by molar-refractivity contribution is 5.82. The van der Waals surface area contributed by atoms with Crippen molar-refractivity contribution in [3.05, 3.63) is 107 Å². The molecule has 0 saturated heterocycles. The van der Waals surface area contributed by atoms with Crippen LogP contribution < -0.4 is 0 Å². The molecule has 0 aliphatic carbocycles. The highest BCUT2D eigenvalue weighted by Gasteiger charge is 2.26. The third-order valence-electron chi connectivity index (χ3n) is 4.34. The Hall–Kier alpha value is -2.87. The molecule has 1 atom stereocenters. The molecule has 0 heterocycles. The Kier molecular flexibility index (Phi) is 5.30. The molecule has 0 bridgehead atoms. The summed E-state index contributed by atoms with van der Waals surface area (Å²) in [6.07, 6.45) is -0.289. The maximum absolute atomic E-state index is 13.0. The van der Waals surface area contributed by atoms with E-state index in [0.29, 0.717) is 0 Å². The monoisotopic (exact) mass is 330 g/mol. The summed E-state index contributed by atoms with van der Waals surface area (Å²) in [6, 6.07) is 27.6. The second-order valence-corrected chi connectivity index (χ2v) is 6.24. The normalized spacial score (nSPS) is 12.0. The van der Waals surface area contributed by atoms with Crippen molar-refractivity contribution in [2.45, 2.75) is 25.9 Å². The highest BCUT2D eigenvalue weighted by atomic mass is 16.5. The Bertz CT molecular complexity index is 768. The average molecular weight is 330 g/mol. The summed E-state index contributed by atoms with van der Waals surface area (Å²) in [4.78, 5) is 13.0. The van der Waals surface area contributed by atoms with Crippen LogP contribution in [0.1, 0.15) is 41.2 Å². The van der Waals surface area contributed by atoms with Gasteiger partial charge in [0.15, 0.2) is 0 Å². The molecule has 0 amide bonds. The number of aryl methyl sites for hydroxylation is 1. The number of hydrogen-bond acceptors (Lipinski definition) is 2. The van der Waals surface area contributed by atoms with E-state index in [0.717, 1.165) is 16.7 Å². The van der Waals surface area contributed by atoms with Gasteiger partial charge in [0.2, 0.25) is 0 Å². The molecule has 2 heteroatoms. The van der Waals surface area contributed by atoms with Crippen LogP contribution in [0.2, 0.25) is 0 Å². The summed E-state index contributed by atoms with van der Waals surface area (Å²) in [5.74, 6) is -0.652. The Morgan fingerprint density at radius 2 is 1.20 bits per heavy atom.